The molecule has 20 heavy (non-hydrogen) atoms. The number of carbonyl (C=O) groups is 1. The van der Waals surface area contributed by atoms with Gasteiger partial charge < -0.3 is 4.90 Å². The van der Waals surface area contributed by atoms with Crippen LogP contribution in [-0.2, 0) is 0 Å². The van der Waals surface area contributed by atoms with E-state index in [2.05, 4.69) is 31.9 Å². The fourth-order valence-electron chi connectivity index (χ4n) is 2.99. The molecule has 0 aromatic heterocycles. The number of carbonyl (C=O) groups excluding carboxylic acids is 1. The van der Waals surface area contributed by atoms with Gasteiger partial charge in [-0.3, -0.25) is 4.79 Å². The summed E-state index contributed by atoms with van der Waals surface area (Å²) < 4.78 is 0. The summed E-state index contributed by atoms with van der Waals surface area (Å²) in [5.74, 6) is 1.04. The average molecular weight is 273 g/mol. The number of rotatable bonds is 4. The van der Waals surface area contributed by atoms with Gasteiger partial charge in [-0.1, -0.05) is 12.1 Å². The Bertz CT molecular complexity index is 466. The van der Waals surface area contributed by atoms with Gasteiger partial charge in [0.1, 0.15) is 0 Å². The summed E-state index contributed by atoms with van der Waals surface area (Å²) in [6.45, 7) is 6.56. The lowest BCUT2D eigenvalue weighted by Crippen LogP contribution is -2.18. The smallest absolute Gasteiger partial charge is 0.162 e. The molecule has 1 aromatic rings. The summed E-state index contributed by atoms with van der Waals surface area (Å²) in [5, 5.41) is 0. The monoisotopic (exact) mass is 273 g/mol. The summed E-state index contributed by atoms with van der Waals surface area (Å²) in [5.41, 5.74) is 3.36. The van der Waals surface area contributed by atoms with E-state index in [1.54, 1.807) is 0 Å². The molecule has 0 amide bonds. The van der Waals surface area contributed by atoms with Gasteiger partial charge in [-0.2, -0.15) is 0 Å². The van der Waals surface area contributed by atoms with E-state index in [9.17, 15) is 4.79 Å². The Hall–Kier alpha value is -1.15. The van der Waals surface area contributed by atoms with Crippen LogP contribution < -0.4 is 0 Å². The van der Waals surface area contributed by atoms with Crippen LogP contribution in [0.25, 0.3) is 0 Å². The molecule has 0 aliphatic carbocycles. The normalized spacial score (nSPS) is 20.6. The molecule has 2 rings (SSSR count). The van der Waals surface area contributed by atoms with E-state index in [-0.39, 0.29) is 0 Å². The van der Waals surface area contributed by atoms with Crippen LogP contribution in [0.3, 0.4) is 0 Å². The molecule has 1 fully saturated rings. The fourth-order valence-corrected chi connectivity index (χ4v) is 2.99. The SMILES string of the molecule is Cc1ccc(C(=O)CCC2CCCN(C)CC2)cc1C. The number of aryl methyl sites for hydroxylation is 2. The molecule has 2 nitrogen and oxygen atoms in total. The maximum absolute atomic E-state index is 12.3. The lowest BCUT2D eigenvalue weighted by molar-refractivity contribution is 0.0972. The Morgan fingerprint density at radius 2 is 2.00 bits per heavy atom. The van der Waals surface area contributed by atoms with E-state index >= 15 is 0 Å². The van der Waals surface area contributed by atoms with Crippen LogP contribution >= 0.6 is 0 Å². The third kappa shape index (κ3) is 4.17. The lowest BCUT2D eigenvalue weighted by Gasteiger charge is -2.14. The highest BCUT2D eigenvalue weighted by Gasteiger charge is 2.16. The minimum Gasteiger partial charge on any atom is -0.306 e. The molecule has 1 saturated heterocycles. The summed E-state index contributed by atoms with van der Waals surface area (Å²) in [4.78, 5) is 14.7. The van der Waals surface area contributed by atoms with Crippen molar-refractivity contribution in [3.05, 3.63) is 34.9 Å². The molecule has 1 atom stereocenters. The number of hydrogen-bond donors (Lipinski definition) is 0. The van der Waals surface area contributed by atoms with Crippen molar-refractivity contribution < 1.29 is 4.79 Å². The Labute approximate surface area is 123 Å². The number of benzene rings is 1. The lowest BCUT2D eigenvalue weighted by atomic mass is 9.92. The zero-order valence-electron chi connectivity index (χ0n) is 13.1. The van der Waals surface area contributed by atoms with Crippen molar-refractivity contribution in [3.63, 3.8) is 0 Å². The molecule has 0 spiro atoms. The second kappa shape index (κ2) is 7.03. The molecule has 1 heterocycles. The van der Waals surface area contributed by atoms with Gasteiger partial charge in [0, 0.05) is 12.0 Å². The highest BCUT2D eigenvalue weighted by Crippen LogP contribution is 2.23. The summed E-state index contributed by atoms with van der Waals surface area (Å²) in [6.07, 6.45) is 5.57. The van der Waals surface area contributed by atoms with Crippen LogP contribution in [0.4, 0.5) is 0 Å². The quantitative estimate of drug-likeness (QED) is 0.773. The van der Waals surface area contributed by atoms with E-state index in [1.807, 2.05) is 12.1 Å². The first-order valence-corrected chi connectivity index (χ1v) is 7.85. The first kappa shape index (κ1) is 15.2. The Morgan fingerprint density at radius 1 is 1.20 bits per heavy atom. The number of nitrogens with zero attached hydrogens (tertiary/aromatic N) is 1. The first-order valence-electron chi connectivity index (χ1n) is 7.85. The van der Waals surface area contributed by atoms with Gasteiger partial charge in [0.2, 0.25) is 0 Å². The van der Waals surface area contributed by atoms with Crippen LogP contribution in [0.15, 0.2) is 18.2 Å². The predicted octanol–water partition coefficient (Wildman–Crippen LogP) is 4.00. The largest absolute Gasteiger partial charge is 0.306 e. The van der Waals surface area contributed by atoms with Crippen molar-refractivity contribution in [3.8, 4) is 0 Å². The molecule has 0 saturated carbocycles. The van der Waals surface area contributed by atoms with Crippen LogP contribution in [0.1, 0.15) is 53.6 Å². The topological polar surface area (TPSA) is 20.3 Å². The summed E-state index contributed by atoms with van der Waals surface area (Å²) >= 11 is 0. The second-order valence-electron chi connectivity index (χ2n) is 6.36. The molecule has 0 bridgehead atoms. The minimum absolute atomic E-state index is 0.311. The van der Waals surface area contributed by atoms with Crippen molar-refractivity contribution in [2.24, 2.45) is 5.92 Å². The van der Waals surface area contributed by atoms with Gasteiger partial charge in [0.25, 0.3) is 0 Å². The average Bonchev–Trinajstić information content (AvgIpc) is 2.64. The Morgan fingerprint density at radius 3 is 2.75 bits per heavy atom. The number of likely N-dealkylation sites (tertiary alicyclic amines) is 1. The minimum atomic E-state index is 0.311. The van der Waals surface area contributed by atoms with E-state index in [4.69, 9.17) is 0 Å². The molecule has 1 aromatic carbocycles. The molecule has 1 aliphatic heterocycles. The summed E-state index contributed by atoms with van der Waals surface area (Å²) in [7, 11) is 2.20. The van der Waals surface area contributed by atoms with E-state index in [1.165, 1.54) is 43.5 Å². The summed E-state index contributed by atoms with van der Waals surface area (Å²) in [6, 6.07) is 6.08. The van der Waals surface area contributed by atoms with Crippen molar-refractivity contribution >= 4 is 5.78 Å². The number of ketones is 1. The van der Waals surface area contributed by atoms with Gasteiger partial charge in [0.15, 0.2) is 5.78 Å². The molecule has 1 unspecified atom stereocenters. The zero-order valence-corrected chi connectivity index (χ0v) is 13.1. The standard InChI is InChI=1S/C18H27NO/c1-14-6-8-17(13-15(14)2)18(20)9-7-16-5-4-11-19(3)12-10-16/h6,8,13,16H,4-5,7,9-12H2,1-3H3. The zero-order chi connectivity index (χ0) is 14.5. The van der Waals surface area contributed by atoms with E-state index in [0.29, 0.717) is 12.2 Å². The molecule has 0 radical (unpaired) electrons. The molecule has 2 heteroatoms. The maximum atomic E-state index is 12.3. The number of Topliss-reactive ketones (excluding diaryl/α,β-unsaturated/α-hetero) is 1. The molecule has 110 valence electrons. The van der Waals surface area contributed by atoms with Gasteiger partial charge >= 0.3 is 0 Å². The van der Waals surface area contributed by atoms with Crippen molar-refractivity contribution in [2.75, 3.05) is 20.1 Å². The van der Waals surface area contributed by atoms with Gasteiger partial charge in [-0.25, -0.2) is 0 Å². The Balaban J connectivity index is 1.86. The van der Waals surface area contributed by atoms with Gasteiger partial charge in [0.05, 0.1) is 0 Å². The van der Waals surface area contributed by atoms with Gasteiger partial charge in [-0.15, -0.1) is 0 Å². The van der Waals surface area contributed by atoms with Crippen LogP contribution in [0, 0.1) is 19.8 Å². The van der Waals surface area contributed by atoms with Crippen molar-refractivity contribution in [2.45, 2.75) is 46.0 Å². The molecular formula is C18H27NO. The van der Waals surface area contributed by atoms with Crippen LogP contribution in [0.2, 0.25) is 0 Å². The van der Waals surface area contributed by atoms with E-state index in [0.717, 1.165) is 17.9 Å². The van der Waals surface area contributed by atoms with Gasteiger partial charge in [-0.05, 0) is 82.8 Å². The van der Waals surface area contributed by atoms with E-state index < -0.39 is 0 Å². The Kier molecular flexibility index (Phi) is 5.36. The van der Waals surface area contributed by atoms with Crippen molar-refractivity contribution in [1.29, 1.82) is 0 Å². The van der Waals surface area contributed by atoms with Crippen molar-refractivity contribution in [1.82, 2.24) is 4.90 Å². The molecular weight excluding hydrogens is 246 g/mol. The second-order valence-corrected chi connectivity index (χ2v) is 6.36. The van der Waals surface area contributed by atoms with Crippen LogP contribution in [-0.4, -0.2) is 30.8 Å². The third-order valence-corrected chi connectivity index (χ3v) is 4.68. The molecule has 0 N–H and O–H groups in total. The fraction of sp³-hybridized carbons (Fsp3) is 0.611. The highest BCUT2D eigenvalue weighted by molar-refractivity contribution is 5.96. The maximum Gasteiger partial charge on any atom is 0.162 e. The predicted molar refractivity (Wildman–Crippen MR) is 84.3 cm³/mol. The molecule has 1 aliphatic rings. The highest BCUT2D eigenvalue weighted by atomic mass is 16.1. The number of hydrogen-bond acceptors (Lipinski definition) is 2. The first-order chi connectivity index (χ1) is 9.56. The van der Waals surface area contributed by atoms with Crippen LogP contribution in [0.5, 0.6) is 0 Å². The third-order valence-electron chi connectivity index (χ3n) is 4.68.